The molecule has 0 aliphatic heterocycles. The first-order valence-corrected chi connectivity index (χ1v) is 4.86. The smallest absolute Gasteiger partial charge is 1.00 e. The quantitative estimate of drug-likeness (QED) is 0.162. The third-order valence-corrected chi connectivity index (χ3v) is 0.136. The van der Waals surface area contributed by atoms with Crippen molar-refractivity contribution in [2.45, 2.75) is 27.7 Å². The van der Waals surface area contributed by atoms with E-state index in [1.165, 1.54) is 6.54 Å². The van der Waals surface area contributed by atoms with E-state index in [0.29, 0.717) is 6.54 Å². The Hall–Kier alpha value is 4.35. The summed E-state index contributed by atoms with van der Waals surface area (Å²) in [5.74, 6) is -3.33. The summed E-state index contributed by atoms with van der Waals surface area (Å²) in [7, 11) is 0. The van der Waals surface area contributed by atoms with Gasteiger partial charge >= 0.3 is 206 Å². The number of carboxylic acids is 4. The second kappa shape index (κ2) is 56.4. The molecule has 14 heteroatoms. The second-order valence-electron chi connectivity index (χ2n) is 2.55. The van der Waals surface area contributed by atoms with Crippen LogP contribution >= 0.6 is 0 Å². The zero-order valence-electron chi connectivity index (χ0n) is 18.9. The minimum absolute atomic E-state index is 0. The van der Waals surface area contributed by atoms with E-state index < -0.39 is 23.9 Å². The van der Waals surface area contributed by atoms with Gasteiger partial charge in [-0.3, -0.25) is 25.7 Å². The number of nitrogens with two attached hydrogens (primary N) is 2. The normalized spacial score (nSPS) is 5.42. The molecule has 0 unspecified atom stereocenters. The van der Waals surface area contributed by atoms with Gasteiger partial charge in [-0.2, -0.15) is 0 Å². The molecule has 0 radical (unpaired) electrons. The van der Waals surface area contributed by atoms with Gasteiger partial charge in [0.15, 0.2) is 0 Å². The van der Waals surface area contributed by atoms with E-state index in [0.717, 1.165) is 27.7 Å². The number of rotatable bonds is 1. The van der Waals surface area contributed by atoms with E-state index in [9.17, 15) is 0 Å². The van der Waals surface area contributed by atoms with Crippen molar-refractivity contribution in [3.63, 3.8) is 0 Å². The Morgan fingerprint density at radius 2 is 0.750 bits per heavy atom. The van der Waals surface area contributed by atoms with Crippen molar-refractivity contribution in [2.24, 2.45) is 11.5 Å². The standard InChI is InChI=1S/C2H7N2.4C2H4O2.4K.3H/c3-1-2-4;4*1-2(3)4;;;;;;;/h1H,2-4H2;4*1H3,(H,3,4);;;;;;;/q-1;;;;;4*+1;3*-1. The van der Waals surface area contributed by atoms with Gasteiger partial charge in [0, 0.05) is 27.7 Å². The molecule has 128 valence electrons. The molecule has 0 amide bonds. The van der Waals surface area contributed by atoms with E-state index in [1.54, 1.807) is 0 Å². The summed E-state index contributed by atoms with van der Waals surface area (Å²) in [5, 5.41) is 29.7. The average Bonchev–Trinajstić information content (AvgIpc) is 2.13. The molecule has 0 saturated carbocycles. The molecule has 10 nitrogen and oxygen atoms in total. The Kier molecular flexibility index (Phi) is 133. The average molecular weight is 459 g/mol. The molecular weight excluding hydrogens is 433 g/mol. The Morgan fingerprint density at radius 1 is 0.708 bits per heavy atom. The van der Waals surface area contributed by atoms with Gasteiger partial charge in [-0.1, -0.05) is 0 Å². The Bertz CT molecular complexity index is 219. The molecule has 0 aromatic rings. The largest absolute Gasteiger partial charge is 1.00 e. The monoisotopic (exact) mass is 458 g/mol. The predicted molar refractivity (Wildman–Crippen MR) is 74.1 cm³/mol. The van der Waals surface area contributed by atoms with Crippen LogP contribution in [0.2, 0.25) is 0 Å². The third kappa shape index (κ3) is 592. The molecule has 0 aliphatic rings. The number of aliphatic carboxylic acids is 4. The number of hydrogen-bond acceptors (Lipinski definition) is 6. The molecule has 0 atom stereocenters. The SMILES string of the molecule is CC(=O)O.CC(=O)O.CC(=O)O.CC(=O)O.N[CH-]CN.[H-].[H-].[H-].[K+].[K+].[K+].[K+]. The van der Waals surface area contributed by atoms with Gasteiger partial charge in [0.05, 0.1) is 0 Å². The summed E-state index contributed by atoms with van der Waals surface area (Å²) in [4.78, 5) is 36.0. The van der Waals surface area contributed by atoms with Gasteiger partial charge in [0.1, 0.15) is 0 Å². The maximum absolute atomic E-state index is 9.00. The van der Waals surface area contributed by atoms with Gasteiger partial charge in [-0.15, -0.1) is 6.54 Å². The molecule has 0 fully saturated rings. The van der Waals surface area contributed by atoms with Crippen LogP contribution in [0.1, 0.15) is 32.0 Å². The summed E-state index contributed by atoms with van der Waals surface area (Å²) >= 11 is 0. The summed E-state index contributed by atoms with van der Waals surface area (Å²) in [6.07, 6.45) is 0. The summed E-state index contributed by atoms with van der Waals surface area (Å²) in [5.41, 5.74) is 9.62. The molecule has 0 spiro atoms. The van der Waals surface area contributed by atoms with Crippen molar-refractivity contribution in [1.82, 2.24) is 0 Å². The molecular formula is C10H26K4N2O8. The van der Waals surface area contributed by atoms with Crippen molar-refractivity contribution >= 4 is 23.9 Å². The van der Waals surface area contributed by atoms with Crippen molar-refractivity contribution < 1.29 is 249 Å². The van der Waals surface area contributed by atoms with Crippen LogP contribution in [0.15, 0.2) is 0 Å². The van der Waals surface area contributed by atoms with Gasteiger partial charge in [0.2, 0.25) is 0 Å². The Morgan fingerprint density at radius 3 is 0.750 bits per heavy atom. The third-order valence-electron chi connectivity index (χ3n) is 0.136. The van der Waals surface area contributed by atoms with Crippen molar-refractivity contribution in [1.29, 1.82) is 0 Å². The first-order chi connectivity index (χ1) is 8.84. The van der Waals surface area contributed by atoms with Gasteiger partial charge < -0.3 is 36.2 Å². The van der Waals surface area contributed by atoms with Crippen LogP contribution in [-0.2, 0) is 19.2 Å². The second-order valence-corrected chi connectivity index (χ2v) is 2.55. The Labute approximate surface area is 317 Å². The maximum atomic E-state index is 9.00. The zero-order valence-corrected chi connectivity index (χ0v) is 28.4. The molecule has 24 heavy (non-hydrogen) atoms. The van der Waals surface area contributed by atoms with Crippen LogP contribution in [0.4, 0.5) is 0 Å². The predicted octanol–water partition coefficient (Wildman–Crippen LogP) is -12.2. The fourth-order valence-corrected chi connectivity index (χ4v) is 0. The fraction of sp³-hybridized carbons (Fsp3) is 0.500. The zero-order chi connectivity index (χ0) is 17.7. The van der Waals surface area contributed by atoms with E-state index in [2.05, 4.69) is 0 Å². The molecule has 8 N–H and O–H groups in total. The molecule has 0 heterocycles. The van der Waals surface area contributed by atoms with E-state index in [1.807, 2.05) is 0 Å². The summed E-state index contributed by atoms with van der Waals surface area (Å²) in [6.45, 7) is 6.21. The number of hydrogen-bond donors (Lipinski definition) is 6. The van der Waals surface area contributed by atoms with Crippen LogP contribution in [-0.4, -0.2) is 50.8 Å². The van der Waals surface area contributed by atoms with Crippen molar-refractivity contribution in [3.05, 3.63) is 6.54 Å². The fourth-order valence-electron chi connectivity index (χ4n) is 0. The summed E-state index contributed by atoms with van der Waals surface area (Å²) < 4.78 is 0. The van der Waals surface area contributed by atoms with Crippen LogP contribution in [0.3, 0.4) is 0 Å². The van der Waals surface area contributed by atoms with E-state index >= 15 is 0 Å². The molecule has 0 bridgehead atoms. The first kappa shape index (κ1) is 56.6. The van der Waals surface area contributed by atoms with Crippen LogP contribution in [0, 0.1) is 6.54 Å². The topological polar surface area (TPSA) is 201 Å². The first-order valence-electron chi connectivity index (χ1n) is 4.86. The van der Waals surface area contributed by atoms with Crippen LogP contribution < -0.4 is 217 Å². The van der Waals surface area contributed by atoms with E-state index in [4.69, 9.17) is 51.1 Å². The molecule has 0 saturated heterocycles. The number of carbonyl (C=O) groups is 4. The maximum Gasteiger partial charge on any atom is 1.00 e. The van der Waals surface area contributed by atoms with Crippen molar-refractivity contribution in [3.8, 4) is 0 Å². The summed E-state index contributed by atoms with van der Waals surface area (Å²) in [6, 6.07) is 0. The van der Waals surface area contributed by atoms with Gasteiger partial charge in [0.25, 0.3) is 23.9 Å². The minimum Gasteiger partial charge on any atom is -1.00 e. The molecule has 0 aromatic carbocycles. The van der Waals surface area contributed by atoms with Crippen LogP contribution in [0.5, 0.6) is 0 Å². The number of carboxylic acid groups (broad SMARTS) is 4. The Balaban J connectivity index is -0.00000000978. The molecule has 0 aromatic heterocycles. The van der Waals surface area contributed by atoms with Gasteiger partial charge in [-0.05, 0) is 0 Å². The van der Waals surface area contributed by atoms with Gasteiger partial charge in [-0.25, -0.2) is 0 Å². The minimum atomic E-state index is -0.833. The van der Waals surface area contributed by atoms with Crippen molar-refractivity contribution in [2.75, 3.05) is 6.54 Å². The molecule has 0 aliphatic carbocycles. The molecule has 0 rings (SSSR count). The van der Waals surface area contributed by atoms with Crippen LogP contribution in [0.25, 0.3) is 0 Å². The van der Waals surface area contributed by atoms with E-state index in [-0.39, 0.29) is 210 Å².